The van der Waals surface area contributed by atoms with E-state index >= 15 is 0 Å². The second-order valence-corrected chi connectivity index (χ2v) is 11.6. The number of aromatic nitrogens is 4. The van der Waals surface area contributed by atoms with Gasteiger partial charge in [-0.2, -0.15) is 0 Å². The van der Waals surface area contributed by atoms with Crippen LogP contribution in [0.3, 0.4) is 0 Å². The molecule has 4 aromatic heterocycles. The molecule has 22 rings (SSSR count). The average Bonchev–Trinajstić information content (AvgIpc) is 3.14. The third kappa shape index (κ3) is 8.33. The second-order valence-electron chi connectivity index (χ2n) is 11.6. The quantitative estimate of drug-likeness (QED) is 0.224. The Bertz CT molecular complexity index is 1590. The maximum Gasteiger partial charge on any atom is 0.182 e. The molecule has 240 valence electrons. The highest BCUT2D eigenvalue weighted by Crippen LogP contribution is 2.20. The van der Waals surface area contributed by atoms with Crippen molar-refractivity contribution in [3.05, 3.63) is 147 Å². The van der Waals surface area contributed by atoms with Crippen LogP contribution in [0.1, 0.15) is 0 Å². The van der Waals surface area contributed by atoms with Crippen molar-refractivity contribution >= 4 is 0 Å². The molecule has 0 amide bonds. The second kappa shape index (κ2) is 15.2. The van der Waals surface area contributed by atoms with Crippen LogP contribution in [0.25, 0.3) is 22.3 Å². The van der Waals surface area contributed by atoms with Gasteiger partial charge < -0.3 is 18.9 Å². The topological polar surface area (TPSA) is 52.4 Å². The van der Waals surface area contributed by atoms with E-state index in [0.717, 1.165) is 49.2 Å². The zero-order valence-electron chi connectivity index (χ0n) is 26.9. The summed E-state index contributed by atoms with van der Waals surface area (Å²) in [5.74, 6) is 3.31. The average molecular weight is 641 g/mol. The van der Waals surface area contributed by atoms with Gasteiger partial charge in [-0.3, -0.25) is 0 Å². The molecule has 16 aliphatic heterocycles. The van der Waals surface area contributed by atoms with Crippen molar-refractivity contribution in [2.24, 2.45) is 0 Å². The summed E-state index contributed by atoms with van der Waals surface area (Å²) in [5, 5.41) is 0. The van der Waals surface area contributed by atoms with Gasteiger partial charge in [0, 0.05) is 48.5 Å². The van der Waals surface area contributed by atoms with E-state index in [4.69, 9.17) is 18.9 Å². The molecular formula is C40H40N4O4+4. The van der Waals surface area contributed by atoms with Crippen LogP contribution in [-0.2, 0) is 26.2 Å². The van der Waals surface area contributed by atoms with Gasteiger partial charge in [0.15, 0.2) is 75.8 Å². The molecule has 12 bridgehead atoms. The Morgan fingerprint density at radius 3 is 0.646 bits per heavy atom. The third-order valence-corrected chi connectivity index (χ3v) is 8.35. The summed E-state index contributed by atoms with van der Waals surface area (Å²) >= 11 is 0. The normalized spacial score (nSPS) is 13.8. The van der Waals surface area contributed by atoms with E-state index in [1.54, 1.807) is 0 Å². The van der Waals surface area contributed by atoms with Crippen molar-refractivity contribution in [2.45, 2.75) is 26.2 Å². The molecule has 20 heterocycles. The minimum atomic E-state index is 0.575. The number of hydrogen-bond acceptors (Lipinski definition) is 4. The van der Waals surface area contributed by atoms with E-state index in [9.17, 15) is 0 Å². The predicted molar refractivity (Wildman–Crippen MR) is 179 cm³/mol. The molecule has 0 aliphatic carbocycles. The standard InChI is InChI=1S/C40H40N4O4/c1-2-38-4-3-37(1)45-29-25-41-17-9-33(10-18-41)35-13-21-43(22-14-35)27-31-47-39-5-7-40(8-6-39)48-32-28-44-23-15-36(16-24-44)34-11-19-42(20-12-34)26-30-46-38/h1-24H,25-32H2/q+4. The van der Waals surface area contributed by atoms with Gasteiger partial charge in [0.25, 0.3) is 0 Å². The first kappa shape index (κ1) is 30.9. The third-order valence-electron chi connectivity index (χ3n) is 8.35. The molecule has 0 saturated carbocycles. The lowest BCUT2D eigenvalue weighted by molar-refractivity contribution is -0.697. The van der Waals surface area contributed by atoms with Gasteiger partial charge in [-0.05, 0) is 70.8 Å². The summed E-state index contributed by atoms with van der Waals surface area (Å²) in [5.41, 5.74) is 4.68. The van der Waals surface area contributed by atoms with Gasteiger partial charge in [-0.15, -0.1) is 0 Å². The molecule has 8 nitrogen and oxygen atoms in total. The summed E-state index contributed by atoms with van der Waals surface area (Å²) in [7, 11) is 0. The van der Waals surface area contributed by atoms with Gasteiger partial charge in [0.2, 0.25) is 0 Å². The van der Waals surface area contributed by atoms with Crippen LogP contribution < -0.4 is 37.2 Å². The first-order valence-electron chi connectivity index (χ1n) is 16.4. The molecule has 0 unspecified atom stereocenters. The maximum atomic E-state index is 6.00. The first-order chi connectivity index (χ1) is 23.7. The molecule has 48 heavy (non-hydrogen) atoms. The SMILES string of the molecule is c1cc2ccc1OCC[n+]1ccc(cc1)-c1cc[n+](cc1)CCOc1ccc(cc1)OCC[n+]1ccc(cc1)-c1cc[n+](cc1)CCO2. The first-order valence-corrected chi connectivity index (χ1v) is 16.4. The summed E-state index contributed by atoms with van der Waals surface area (Å²) in [6.07, 6.45) is 16.7. The van der Waals surface area contributed by atoms with Gasteiger partial charge >= 0.3 is 0 Å². The molecule has 16 aliphatic rings. The van der Waals surface area contributed by atoms with Crippen molar-refractivity contribution in [3.63, 3.8) is 0 Å². The van der Waals surface area contributed by atoms with Crippen LogP contribution in [0, 0.1) is 0 Å². The minimum Gasteiger partial charge on any atom is -0.487 e. The fraction of sp³-hybridized carbons (Fsp3) is 0.200. The van der Waals surface area contributed by atoms with E-state index in [0.29, 0.717) is 26.4 Å². The molecule has 2 aromatic carbocycles. The Morgan fingerprint density at radius 2 is 0.458 bits per heavy atom. The van der Waals surface area contributed by atoms with Gasteiger partial charge in [-0.1, -0.05) is 0 Å². The van der Waals surface area contributed by atoms with Gasteiger partial charge in [-0.25, -0.2) is 18.3 Å². The van der Waals surface area contributed by atoms with Crippen LogP contribution in [0.5, 0.6) is 23.0 Å². The highest BCUT2D eigenvalue weighted by molar-refractivity contribution is 5.61. The molecule has 0 fully saturated rings. The van der Waals surface area contributed by atoms with Crippen molar-refractivity contribution in [2.75, 3.05) is 26.4 Å². The van der Waals surface area contributed by atoms with E-state index in [-0.39, 0.29) is 0 Å². The lowest BCUT2D eigenvalue weighted by Gasteiger charge is -2.08. The van der Waals surface area contributed by atoms with Crippen molar-refractivity contribution in [1.29, 1.82) is 0 Å². The molecular weight excluding hydrogens is 600 g/mol. The number of rotatable bonds is 0. The Hall–Kier alpha value is -5.76. The molecule has 6 aromatic rings. The lowest BCUT2D eigenvalue weighted by atomic mass is 10.1. The van der Waals surface area contributed by atoms with Crippen molar-refractivity contribution in [1.82, 2.24) is 0 Å². The van der Waals surface area contributed by atoms with Gasteiger partial charge in [0.1, 0.15) is 49.4 Å². The van der Waals surface area contributed by atoms with E-state index in [2.05, 4.69) is 116 Å². The number of benzene rings is 2. The van der Waals surface area contributed by atoms with Crippen molar-refractivity contribution in [3.8, 4) is 45.3 Å². The van der Waals surface area contributed by atoms with E-state index < -0.39 is 0 Å². The van der Waals surface area contributed by atoms with E-state index in [1.165, 1.54) is 22.3 Å². The van der Waals surface area contributed by atoms with Crippen molar-refractivity contribution < 1.29 is 37.2 Å². The largest absolute Gasteiger partial charge is 0.487 e. The Morgan fingerprint density at radius 1 is 0.271 bits per heavy atom. The van der Waals surface area contributed by atoms with Crippen LogP contribution in [0.4, 0.5) is 0 Å². The highest BCUT2D eigenvalue weighted by atomic mass is 16.5. The molecule has 0 spiro atoms. The molecule has 0 saturated heterocycles. The summed E-state index contributed by atoms with van der Waals surface area (Å²) in [4.78, 5) is 0. The smallest absolute Gasteiger partial charge is 0.182 e. The van der Waals surface area contributed by atoms with Crippen LogP contribution >= 0.6 is 0 Å². The molecule has 8 heteroatoms. The lowest BCUT2D eigenvalue weighted by Crippen LogP contribution is -2.36. The zero-order chi connectivity index (χ0) is 32.4. The van der Waals surface area contributed by atoms with Crippen LogP contribution in [0.2, 0.25) is 0 Å². The highest BCUT2D eigenvalue weighted by Gasteiger charge is 2.10. The van der Waals surface area contributed by atoms with E-state index in [1.807, 2.05) is 48.5 Å². The summed E-state index contributed by atoms with van der Waals surface area (Å²) in [6, 6.07) is 32.8. The van der Waals surface area contributed by atoms with Gasteiger partial charge in [0.05, 0.1) is 0 Å². The summed E-state index contributed by atoms with van der Waals surface area (Å²) < 4.78 is 32.5. The number of hydrogen-bond donors (Lipinski definition) is 0. The molecule has 0 radical (unpaired) electrons. The summed E-state index contributed by atoms with van der Waals surface area (Å²) in [6.45, 7) is 5.31. The number of ether oxygens (including phenoxy) is 4. The maximum absolute atomic E-state index is 6.00. The number of pyridine rings is 4. The molecule has 0 atom stereocenters. The Balaban J connectivity index is 1.01. The predicted octanol–water partition coefficient (Wildman–Crippen LogP) is 4.80. The fourth-order valence-corrected chi connectivity index (χ4v) is 5.54. The monoisotopic (exact) mass is 640 g/mol. The fourth-order valence-electron chi connectivity index (χ4n) is 5.54. The molecule has 0 N–H and O–H groups in total. The Kier molecular flexibility index (Phi) is 9.79. The van der Waals surface area contributed by atoms with Crippen LogP contribution in [-0.4, -0.2) is 26.4 Å². The zero-order valence-corrected chi connectivity index (χ0v) is 26.9. The minimum absolute atomic E-state index is 0.575. The Labute approximate surface area is 281 Å². The van der Waals surface area contributed by atoms with Crippen LogP contribution in [0.15, 0.2) is 147 Å². The number of nitrogens with zero attached hydrogens (tertiary/aromatic N) is 4.